The lowest BCUT2D eigenvalue weighted by molar-refractivity contribution is 0.202. The highest BCUT2D eigenvalue weighted by Crippen LogP contribution is 2.35. The predicted molar refractivity (Wildman–Crippen MR) is 91.7 cm³/mol. The van der Waals surface area contributed by atoms with Gasteiger partial charge in [0.2, 0.25) is 0 Å². The van der Waals surface area contributed by atoms with E-state index in [-0.39, 0.29) is 4.83 Å². The Labute approximate surface area is 137 Å². The molecule has 1 unspecified atom stereocenters. The maximum Gasteiger partial charge on any atom is 0.0647 e. The van der Waals surface area contributed by atoms with Crippen LogP contribution in [-0.2, 0) is 11.2 Å². The number of methoxy groups -OCH3 is 1. The van der Waals surface area contributed by atoms with Crippen LogP contribution in [0.15, 0.2) is 46.9 Å². The number of alkyl halides is 1. The number of ether oxygens (including phenoxy) is 1. The van der Waals surface area contributed by atoms with Crippen molar-refractivity contribution in [2.75, 3.05) is 13.7 Å². The topological polar surface area (TPSA) is 9.23 Å². The molecule has 0 aliphatic carbocycles. The van der Waals surface area contributed by atoms with Crippen LogP contribution < -0.4 is 0 Å². The molecule has 0 N–H and O–H groups in total. The Bertz CT molecular complexity index is 564. The molecule has 0 heterocycles. The van der Waals surface area contributed by atoms with E-state index in [0.717, 1.165) is 17.5 Å². The van der Waals surface area contributed by atoms with Crippen LogP contribution in [0.3, 0.4) is 0 Å². The fraction of sp³-hybridized carbons (Fsp3) is 0.294. The Kier molecular flexibility index (Phi) is 5.82. The van der Waals surface area contributed by atoms with Gasteiger partial charge in [-0.1, -0.05) is 68.3 Å². The van der Waals surface area contributed by atoms with Gasteiger partial charge in [-0.05, 0) is 41.7 Å². The Morgan fingerprint density at radius 1 is 1.10 bits per heavy atom. The smallest absolute Gasteiger partial charge is 0.0647 e. The van der Waals surface area contributed by atoms with Crippen LogP contribution >= 0.6 is 31.9 Å². The SMILES string of the molecule is COCCc1ccc(C(Br)c2cccc(Br)c2C)cc1. The molecular formula is C17H18Br2O. The van der Waals surface area contributed by atoms with Crippen molar-refractivity contribution in [3.63, 3.8) is 0 Å². The van der Waals surface area contributed by atoms with Crippen molar-refractivity contribution in [1.82, 2.24) is 0 Å². The van der Waals surface area contributed by atoms with Crippen molar-refractivity contribution < 1.29 is 4.74 Å². The summed E-state index contributed by atoms with van der Waals surface area (Å²) in [6.45, 7) is 2.91. The van der Waals surface area contributed by atoms with Gasteiger partial charge in [0.1, 0.15) is 0 Å². The molecule has 0 radical (unpaired) electrons. The minimum Gasteiger partial charge on any atom is -0.384 e. The average molecular weight is 398 g/mol. The molecule has 2 aromatic rings. The Morgan fingerprint density at radius 2 is 1.80 bits per heavy atom. The third-order valence-corrected chi connectivity index (χ3v) is 5.33. The number of hydrogen-bond donors (Lipinski definition) is 0. The van der Waals surface area contributed by atoms with E-state index in [1.807, 2.05) is 0 Å². The summed E-state index contributed by atoms with van der Waals surface area (Å²) >= 11 is 7.40. The second-order valence-corrected chi connectivity index (χ2v) is 6.57. The quantitative estimate of drug-likeness (QED) is 0.611. The van der Waals surface area contributed by atoms with Gasteiger partial charge in [-0.15, -0.1) is 0 Å². The van der Waals surface area contributed by atoms with Crippen molar-refractivity contribution in [1.29, 1.82) is 0 Å². The van der Waals surface area contributed by atoms with Gasteiger partial charge in [0.25, 0.3) is 0 Å². The van der Waals surface area contributed by atoms with Gasteiger partial charge in [0, 0.05) is 11.6 Å². The molecule has 0 aromatic heterocycles. The molecule has 2 aromatic carbocycles. The van der Waals surface area contributed by atoms with Crippen LogP contribution in [0.25, 0.3) is 0 Å². The predicted octanol–water partition coefficient (Wildman–Crippen LogP) is 5.43. The summed E-state index contributed by atoms with van der Waals surface area (Å²) in [5, 5.41) is 0. The van der Waals surface area contributed by atoms with E-state index in [2.05, 4.69) is 81.2 Å². The molecule has 0 amide bonds. The van der Waals surface area contributed by atoms with Gasteiger partial charge in [0.15, 0.2) is 0 Å². The van der Waals surface area contributed by atoms with E-state index in [1.165, 1.54) is 22.3 Å². The molecular weight excluding hydrogens is 380 g/mol. The summed E-state index contributed by atoms with van der Waals surface area (Å²) < 4.78 is 6.26. The van der Waals surface area contributed by atoms with Crippen molar-refractivity contribution >= 4 is 31.9 Å². The fourth-order valence-electron chi connectivity index (χ4n) is 2.15. The molecule has 0 aliphatic rings. The summed E-state index contributed by atoms with van der Waals surface area (Å²) in [7, 11) is 1.74. The molecule has 1 nitrogen and oxygen atoms in total. The lowest BCUT2D eigenvalue weighted by atomic mass is 9.99. The summed E-state index contributed by atoms with van der Waals surface area (Å²) in [5.74, 6) is 0. The highest BCUT2D eigenvalue weighted by molar-refractivity contribution is 9.10. The number of benzene rings is 2. The van der Waals surface area contributed by atoms with Crippen LogP contribution in [0.1, 0.15) is 27.1 Å². The van der Waals surface area contributed by atoms with Gasteiger partial charge in [-0.2, -0.15) is 0 Å². The minimum absolute atomic E-state index is 0.219. The normalized spacial score (nSPS) is 12.4. The first-order chi connectivity index (χ1) is 9.63. The second-order valence-electron chi connectivity index (χ2n) is 4.80. The van der Waals surface area contributed by atoms with Crippen molar-refractivity contribution in [3.8, 4) is 0 Å². The zero-order chi connectivity index (χ0) is 14.5. The van der Waals surface area contributed by atoms with E-state index in [0.29, 0.717) is 0 Å². The molecule has 3 heteroatoms. The zero-order valence-electron chi connectivity index (χ0n) is 11.7. The monoisotopic (exact) mass is 396 g/mol. The van der Waals surface area contributed by atoms with Crippen LogP contribution in [0.4, 0.5) is 0 Å². The number of halogens is 2. The van der Waals surface area contributed by atoms with E-state index in [1.54, 1.807) is 7.11 Å². The van der Waals surface area contributed by atoms with Gasteiger partial charge < -0.3 is 4.74 Å². The molecule has 20 heavy (non-hydrogen) atoms. The second kappa shape index (κ2) is 7.39. The Morgan fingerprint density at radius 3 is 2.45 bits per heavy atom. The maximum absolute atomic E-state index is 5.11. The molecule has 1 atom stereocenters. The molecule has 0 bridgehead atoms. The summed E-state index contributed by atoms with van der Waals surface area (Å²) in [6.07, 6.45) is 0.958. The van der Waals surface area contributed by atoms with E-state index >= 15 is 0 Å². The maximum atomic E-state index is 5.11. The van der Waals surface area contributed by atoms with Crippen molar-refractivity contribution in [3.05, 3.63) is 69.2 Å². The van der Waals surface area contributed by atoms with E-state index < -0.39 is 0 Å². The van der Waals surface area contributed by atoms with Crippen molar-refractivity contribution in [2.45, 2.75) is 18.2 Å². The number of hydrogen-bond acceptors (Lipinski definition) is 1. The summed E-state index contributed by atoms with van der Waals surface area (Å²) in [4.78, 5) is 0.219. The molecule has 0 saturated heterocycles. The third kappa shape index (κ3) is 3.72. The van der Waals surface area contributed by atoms with Gasteiger partial charge in [0.05, 0.1) is 11.4 Å². The first-order valence-corrected chi connectivity index (χ1v) is 8.31. The fourth-order valence-corrected chi connectivity index (χ4v) is 3.33. The van der Waals surface area contributed by atoms with E-state index in [9.17, 15) is 0 Å². The number of rotatable bonds is 5. The molecule has 0 aliphatic heterocycles. The van der Waals surface area contributed by atoms with Gasteiger partial charge in [-0.3, -0.25) is 0 Å². The van der Waals surface area contributed by atoms with Crippen LogP contribution in [-0.4, -0.2) is 13.7 Å². The van der Waals surface area contributed by atoms with Gasteiger partial charge in [-0.25, -0.2) is 0 Å². The molecule has 0 spiro atoms. The Hall–Kier alpha value is -0.640. The highest BCUT2D eigenvalue weighted by atomic mass is 79.9. The van der Waals surface area contributed by atoms with Crippen LogP contribution in [0, 0.1) is 6.92 Å². The molecule has 0 saturated carbocycles. The Balaban J connectivity index is 2.20. The van der Waals surface area contributed by atoms with Crippen LogP contribution in [0.5, 0.6) is 0 Å². The largest absolute Gasteiger partial charge is 0.384 e. The van der Waals surface area contributed by atoms with E-state index in [4.69, 9.17) is 4.74 Å². The minimum atomic E-state index is 0.219. The molecule has 106 valence electrons. The van der Waals surface area contributed by atoms with Crippen LogP contribution in [0.2, 0.25) is 0 Å². The standard InChI is InChI=1S/C17H18Br2O/c1-12-15(4-3-5-16(12)18)17(19)14-8-6-13(7-9-14)10-11-20-2/h3-9,17H,10-11H2,1-2H3. The highest BCUT2D eigenvalue weighted by Gasteiger charge is 2.13. The lowest BCUT2D eigenvalue weighted by Crippen LogP contribution is -1.98. The van der Waals surface area contributed by atoms with Gasteiger partial charge >= 0.3 is 0 Å². The molecule has 0 fully saturated rings. The first kappa shape index (κ1) is 15.7. The lowest BCUT2D eigenvalue weighted by Gasteiger charge is -2.15. The summed E-state index contributed by atoms with van der Waals surface area (Å²) in [5.41, 5.74) is 5.15. The zero-order valence-corrected chi connectivity index (χ0v) is 14.9. The van der Waals surface area contributed by atoms with Crippen molar-refractivity contribution in [2.24, 2.45) is 0 Å². The third-order valence-electron chi connectivity index (χ3n) is 3.45. The molecule has 2 rings (SSSR count). The average Bonchev–Trinajstić information content (AvgIpc) is 2.48. The first-order valence-electron chi connectivity index (χ1n) is 6.60. The summed E-state index contributed by atoms with van der Waals surface area (Å²) in [6, 6.07) is 15.0.